The number of rotatable bonds is 1. The maximum atomic E-state index is 13.4. The molecule has 3 heteroatoms. The molecule has 0 radical (unpaired) electrons. The van der Waals surface area contributed by atoms with Crippen LogP contribution >= 0.6 is 0 Å². The Hall–Kier alpha value is -1.25. The van der Waals surface area contributed by atoms with Gasteiger partial charge in [0.25, 0.3) is 0 Å². The summed E-state index contributed by atoms with van der Waals surface area (Å²) in [7, 11) is 0. The summed E-state index contributed by atoms with van der Waals surface area (Å²) in [5.74, 6) is 0.593. The van der Waals surface area contributed by atoms with E-state index < -0.39 is 0 Å². The highest BCUT2D eigenvalue weighted by Crippen LogP contribution is 2.38. The summed E-state index contributed by atoms with van der Waals surface area (Å²) in [6.07, 6.45) is 2.56. The Bertz CT molecular complexity index is 360. The molecular weight excluding hydrogens is 179 g/mol. The molecule has 1 heterocycles. The van der Waals surface area contributed by atoms with Crippen LogP contribution in [0.4, 0.5) is 15.8 Å². The molecule has 0 aromatic heterocycles. The van der Waals surface area contributed by atoms with Crippen molar-refractivity contribution < 1.29 is 4.39 Å². The van der Waals surface area contributed by atoms with E-state index in [9.17, 15) is 4.39 Å². The zero-order valence-electron chi connectivity index (χ0n) is 7.89. The van der Waals surface area contributed by atoms with Crippen LogP contribution in [0.15, 0.2) is 18.2 Å². The fourth-order valence-electron chi connectivity index (χ4n) is 2.06. The molecule has 2 nitrogen and oxygen atoms in total. The molecule has 1 atom stereocenters. The zero-order chi connectivity index (χ0) is 9.54. The van der Waals surface area contributed by atoms with Crippen LogP contribution in [0.2, 0.25) is 0 Å². The summed E-state index contributed by atoms with van der Waals surface area (Å²) in [6, 6.07) is 5.57. The minimum Gasteiger partial charge on any atom is -0.381 e. The fraction of sp³-hybridized carbons (Fsp3) is 0.455. The molecule has 14 heavy (non-hydrogen) atoms. The van der Waals surface area contributed by atoms with Gasteiger partial charge in [0.15, 0.2) is 0 Å². The van der Waals surface area contributed by atoms with Gasteiger partial charge in [-0.3, -0.25) is 0 Å². The Morgan fingerprint density at radius 1 is 1.29 bits per heavy atom. The van der Waals surface area contributed by atoms with E-state index in [0.29, 0.717) is 11.7 Å². The molecule has 74 valence electrons. The topological polar surface area (TPSA) is 24.1 Å². The van der Waals surface area contributed by atoms with Crippen molar-refractivity contribution in [1.29, 1.82) is 0 Å². The largest absolute Gasteiger partial charge is 0.381 e. The van der Waals surface area contributed by atoms with Gasteiger partial charge < -0.3 is 10.6 Å². The minimum absolute atomic E-state index is 0.152. The summed E-state index contributed by atoms with van der Waals surface area (Å²) in [6.45, 7) is 0.918. The molecule has 1 unspecified atom stereocenters. The summed E-state index contributed by atoms with van der Waals surface area (Å²) >= 11 is 0. The molecule has 0 spiro atoms. The molecule has 3 rings (SSSR count). The lowest BCUT2D eigenvalue weighted by atomic mass is 10.1. The Balaban J connectivity index is 1.91. The van der Waals surface area contributed by atoms with E-state index in [-0.39, 0.29) is 5.82 Å². The van der Waals surface area contributed by atoms with Crippen LogP contribution in [-0.2, 0) is 0 Å². The molecule has 1 saturated carbocycles. The van der Waals surface area contributed by atoms with Crippen molar-refractivity contribution in [2.75, 3.05) is 17.2 Å². The Kier molecular flexibility index (Phi) is 1.66. The molecule has 1 aliphatic heterocycles. The number of hydrogen-bond acceptors (Lipinski definition) is 2. The van der Waals surface area contributed by atoms with Crippen molar-refractivity contribution >= 4 is 11.4 Å². The number of para-hydroxylation sites is 1. The van der Waals surface area contributed by atoms with E-state index in [1.807, 2.05) is 6.07 Å². The van der Waals surface area contributed by atoms with E-state index in [1.165, 1.54) is 18.9 Å². The van der Waals surface area contributed by atoms with E-state index in [4.69, 9.17) is 0 Å². The van der Waals surface area contributed by atoms with Crippen LogP contribution in [0, 0.1) is 11.7 Å². The van der Waals surface area contributed by atoms with Crippen molar-refractivity contribution in [1.82, 2.24) is 0 Å². The van der Waals surface area contributed by atoms with Gasteiger partial charge in [-0.05, 0) is 30.9 Å². The van der Waals surface area contributed by atoms with Gasteiger partial charge >= 0.3 is 0 Å². The molecule has 0 bridgehead atoms. The van der Waals surface area contributed by atoms with Crippen LogP contribution in [0.3, 0.4) is 0 Å². The smallest absolute Gasteiger partial charge is 0.148 e. The van der Waals surface area contributed by atoms with Crippen molar-refractivity contribution in [3.8, 4) is 0 Å². The third kappa shape index (κ3) is 1.24. The van der Waals surface area contributed by atoms with Gasteiger partial charge in [-0.1, -0.05) is 6.07 Å². The van der Waals surface area contributed by atoms with Gasteiger partial charge in [-0.15, -0.1) is 0 Å². The van der Waals surface area contributed by atoms with Gasteiger partial charge in [-0.25, -0.2) is 4.39 Å². The van der Waals surface area contributed by atoms with Gasteiger partial charge in [0.1, 0.15) is 5.82 Å². The van der Waals surface area contributed by atoms with Gasteiger partial charge in [-0.2, -0.15) is 0 Å². The van der Waals surface area contributed by atoms with Gasteiger partial charge in [0.2, 0.25) is 0 Å². The molecule has 0 amide bonds. The monoisotopic (exact) mass is 192 g/mol. The second-order valence-electron chi connectivity index (χ2n) is 4.13. The predicted molar refractivity (Wildman–Crippen MR) is 55.0 cm³/mol. The van der Waals surface area contributed by atoms with Crippen LogP contribution in [-0.4, -0.2) is 12.6 Å². The van der Waals surface area contributed by atoms with Crippen LogP contribution in [0.1, 0.15) is 12.8 Å². The normalized spacial score (nSPS) is 24.8. The van der Waals surface area contributed by atoms with Gasteiger partial charge in [0, 0.05) is 12.6 Å². The first-order valence-electron chi connectivity index (χ1n) is 5.13. The third-order valence-electron chi connectivity index (χ3n) is 3.05. The molecule has 1 aromatic rings. The SMILES string of the molecule is Fc1cccc2c1NC(C1CC1)CN2. The summed E-state index contributed by atoms with van der Waals surface area (Å²) in [5, 5.41) is 6.56. The zero-order valence-corrected chi connectivity index (χ0v) is 7.89. The molecule has 1 fully saturated rings. The van der Waals surface area contributed by atoms with E-state index in [2.05, 4.69) is 10.6 Å². The first-order valence-corrected chi connectivity index (χ1v) is 5.13. The Morgan fingerprint density at radius 2 is 2.14 bits per heavy atom. The van der Waals surface area contributed by atoms with Gasteiger partial charge in [0.05, 0.1) is 11.4 Å². The molecule has 0 saturated heterocycles. The van der Waals surface area contributed by atoms with Crippen molar-refractivity contribution in [2.45, 2.75) is 18.9 Å². The Labute approximate surface area is 82.5 Å². The van der Waals surface area contributed by atoms with E-state index in [0.717, 1.165) is 18.2 Å². The maximum absolute atomic E-state index is 13.4. The van der Waals surface area contributed by atoms with E-state index in [1.54, 1.807) is 6.07 Å². The number of halogens is 1. The van der Waals surface area contributed by atoms with Crippen LogP contribution < -0.4 is 10.6 Å². The minimum atomic E-state index is -0.152. The van der Waals surface area contributed by atoms with Crippen molar-refractivity contribution in [2.24, 2.45) is 5.92 Å². The number of fused-ring (bicyclic) bond motifs is 1. The summed E-state index contributed by atoms with van der Waals surface area (Å²) < 4.78 is 13.4. The first-order chi connectivity index (χ1) is 6.84. The van der Waals surface area contributed by atoms with Crippen LogP contribution in [0.25, 0.3) is 0 Å². The lowest BCUT2D eigenvalue weighted by molar-refractivity contribution is 0.606. The molecule has 2 aliphatic rings. The average Bonchev–Trinajstić information content (AvgIpc) is 3.01. The third-order valence-corrected chi connectivity index (χ3v) is 3.05. The highest BCUT2D eigenvalue weighted by molar-refractivity contribution is 5.71. The highest BCUT2D eigenvalue weighted by atomic mass is 19.1. The highest BCUT2D eigenvalue weighted by Gasteiger charge is 2.33. The standard InChI is InChI=1S/C11H13FN2/c12-8-2-1-3-9-11(8)14-10(6-13-9)7-4-5-7/h1-3,7,10,13-14H,4-6H2. The average molecular weight is 192 g/mol. The fourth-order valence-corrected chi connectivity index (χ4v) is 2.06. The summed E-state index contributed by atoms with van der Waals surface area (Å²) in [5.41, 5.74) is 1.54. The first kappa shape index (κ1) is 8.09. The molecule has 1 aliphatic carbocycles. The van der Waals surface area contributed by atoms with Crippen molar-refractivity contribution in [3.05, 3.63) is 24.0 Å². The molecule has 2 N–H and O–H groups in total. The quantitative estimate of drug-likeness (QED) is 0.714. The second kappa shape index (κ2) is 2.87. The number of hydrogen-bond donors (Lipinski definition) is 2. The molecular formula is C11H13FN2. The summed E-state index contributed by atoms with van der Waals surface area (Å²) in [4.78, 5) is 0. The second-order valence-corrected chi connectivity index (χ2v) is 4.13. The molecule has 1 aromatic carbocycles. The number of benzene rings is 1. The van der Waals surface area contributed by atoms with Crippen LogP contribution in [0.5, 0.6) is 0 Å². The maximum Gasteiger partial charge on any atom is 0.148 e. The van der Waals surface area contributed by atoms with E-state index >= 15 is 0 Å². The lowest BCUT2D eigenvalue weighted by Gasteiger charge is -2.28. The number of nitrogens with one attached hydrogen (secondary N) is 2. The number of anilines is 2. The predicted octanol–water partition coefficient (Wildman–Crippen LogP) is 2.44. The Morgan fingerprint density at radius 3 is 2.93 bits per heavy atom. The van der Waals surface area contributed by atoms with Crippen molar-refractivity contribution in [3.63, 3.8) is 0 Å². The lowest BCUT2D eigenvalue weighted by Crippen LogP contribution is -2.35.